The lowest BCUT2D eigenvalue weighted by molar-refractivity contribution is -0.143. The molecule has 0 aromatic heterocycles. The van der Waals surface area contributed by atoms with Crippen molar-refractivity contribution in [1.82, 2.24) is 9.21 Å². The normalized spacial score (nSPS) is 17.3. The van der Waals surface area contributed by atoms with Gasteiger partial charge in [-0.2, -0.15) is 4.31 Å². The Kier molecular flexibility index (Phi) is 9.81. The van der Waals surface area contributed by atoms with Crippen LogP contribution in [0.3, 0.4) is 0 Å². The maximum absolute atomic E-state index is 13.0. The number of hydrogen-bond donors (Lipinski definition) is 1. The van der Waals surface area contributed by atoms with E-state index in [1.807, 2.05) is 0 Å². The van der Waals surface area contributed by atoms with E-state index in [2.05, 4.69) is 5.32 Å². The molecule has 1 aliphatic heterocycles. The van der Waals surface area contributed by atoms with Gasteiger partial charge in [-0.15, -0.1) is 0 Å². The van der Waals surface area contributed by atoms with Gasteiger partial charge in [0.1, 0.15) is 10.6 Å². The smallest absolute Gasteiger partial charge is 0.314 e. The summed E-state index contributed by atoms with van der Waals surface area (Å²) in [4.78, 5) is 26.9. The van der Waals surface area contributed by atoms with E-state index in [0.29, 0.717) is 29.0 Å². The van der Waals surface area contributed by atoms with Gasteiger partial charge in [-0.25, -0.2) is 8.42 Å². The Morgan fingerprint density at radius 3 is 2.39 bits per heavy atom. The van der Waals surface area contributed by atoms with Crippen molar-refractivity contribution in [1.29, 1.82) is 0 Å². The zero-order valence-electron chi connectivity index (χ0n) is 20.8. The first-order valence-corrected chi connectivity index (χ1v) is 15.2. The second-order valence-electron chi connectivity index (χ2n) is 9.48. The van der Waals surface area contributed by atoms with Crippen LogP contribution in [0.15, 0.2) is 41.3 Å². The van der Waals surface area contributed by atoms with Crippen LogP contribution in [0.4, 0.5) is 5.69 Å². The Labute approximate surface area is 238 Å². The van der Waals surface area contributed by atoms with E-state index >= 15 is 0 Å². The summed E-state index contributed by atoms with van der Waals surface area (Å²) < 4.78 is 33.2. The van der Waals surface area contributed by atoms with Gasteiger partial charge >= 0.3 is 11.8 Å². The third-order valence-electron chi connectivity index (χ3n) is 6.95. The monoisotopic (exact) mass is 601 g/mol. The third-order valence-corrected chi connectivity index (χ3v) is 10.1. The molecule has 0 atom stereocenters. The highest BCUT2D eigenvalue weighted by molar-refractivity contribution is 7.89. The number of benzene rings is 2. The number of halogens is 3. The van der Waals surface area contributed by atoms with Crippen molar-refractivity contribution in [2.45, 2.75) is 43.4 Å². The van der Waals surface area contributed by atoms with Crippen molar-refractivity contribution in [3.05, 3.63) is 51.5 Å². The van der Waals surface area contributed by atoms with Crippen molar-refractivity contribution < 1.29 is 22.7 Å². The Morgan fingerprint density at radius 2 is 1.68 bits per heavy atom. The molecule has 0 bridgehead atoms. The van der Waals surface area contributed by atoms with Crippen LogP contribution >= 0.6 is 34.8 Å². The third kappa shape index (κ3) is 6.93. The Hall–Kier alpha value is -2.04. The maximum Gasteiger partial charge on any atom is 0.314 e. The largest absolute Gasteiger partial charge is 0.491 e. The van der Waals surface area contributed by atoms with Gasteiger partial charge in [0.2, 0.25) is 10.0 Å². The number of ether oxygens (including phenoxy) is 1. The summed E-state index contributed by atoms with van der Waals surface area (Å²) in [6.45, 7) is 0.623. The molecular weight excluding hydrogens is 573 g/mol. The molecule has 1 heterocycles. The highest BCUT2D eigenvalue weighted by atomic mass is 35.5. The summed E-state index contributed by atoms with van der Waals surface area (Å²) in [6, 6.07) is 9.28. The van der Waals surface area contributed by atoms with Crippen molar-refractivity contribution >= 4 is 62.3 Å². The van der Waals surface area contributed by atoms with Crippen LogP contribution in [0.2, 0.25) is 15.1 Å². The van der Waals surface area contributed by atoms with E-state index in [0.717, 1.165) is 6.42 Å². The van der Waals surface area contributed by atoms with E-state index in [4.69, 9.17) is 39.5 Å². The van der Waals surface area contributed by atoms with Gasteiger partial charge in [-0.1, -0.05) is 73.0 Å². The number of hydrogen-bond acceptors (Lipinski definition) is 5. The Morgan fingerprint density at radius 1 is 0.974 bits per heavy atom. The second-order valence-corrected chi connectivity index (χ2v) is 12.6. The van der Waals surface area contributed by atoms with Crippen LogP contribution in [-0.4, -0.2) is 62.2 Å². The Bertz CT molecular complexity index is 1280. The zero-order chi connectivity index (χ0) is 27.3. The Balaban J connectivity index is 1.34. The standard InChI is InChI=1S/C26H30Cl3N3O5S/c27-19-9-10-22(37-16-11-18-5-2-1-3-6-18)21(17-19)30-25(33)26(34)31-12-14-32(15-13-31)38(35,36)23-8-4-7-20(28)24(23)29/h4,7-10,17-18H,1-3,5-6,11-16H2,(H,30,33). The number of nitrogens with one attached hydrogen (secondary N) is 1. The summed E-state index contributed by atoms with van der Waals surface area (Å²) in [6.07, 6.45) is 7.15. The first-order valence-electron chi connectivity index (χ1n) is 12.6. The van der Waals surface area contributed by atoms with Crippen LogP contribution in [0, 0.1) is 5.92 Å². The molecule has 206 valence electrons. The van der Waals surface area contributed by atoms with Crippen LogP contribution in [0.5, 0.6) is 5.75 Å². The highest BCUT2D eigenvalue weighted by Crippen LogP contribution is 2.32. The molecule has 12 heteroatoms. The van der Waals surface area contributed by atoms with E-state index in [-0.39, 0.29) is 41.1 Å². The van der Waals surface area contributed by atoms with E-state index in [1.165, 1.54) is 59.5 Å². The van der Waals surface area contributed by atoms with Gasteiger partial charge in [0.05, 0.1) is 22.3 Å². The zero-order valence-corrected chi connectivity index (χ0v) is 23.9. The first-order chi connectivity index (χ1) is 18.2. The van der Waals surface area contributed by atoms with Gasteiger partial charge < -0.3 is 15.0 Å². The summed E-state index contributed by atoms with van der Waals surface area (Å²) >= 11 is 18.2. The van der Waals surface area contributed by atoms with Crippen LogP contribution in [-0.2, 0) is 19.6 Å². The van der Waals surface area contributed by atoms with Gasteiger partial charge in [0, 0.05) is 31.2 Å². The highest BCUT2D eigenvalue weighted by Gasteiger charge is 2.33. The average molecular weight is 603 g/mol. The summed E-state index contributed by atoms with van der Waals surface area (Å²) in [5.74, 6) is -0.525. The molecule has 2 aromatic rings. The van der Waals surface area contributed by atoms with Crippen LogP contribution in [0.1, 0.15) is 38.5 Å². The van der Waals surface area contributed by atoms with Crippen LogP contribution < -0.4 is 10.1 Å². The molecule has 1 aliphatic carbocycles. The lowest BCUT2D eigenvalue weighted by Gasteiger charge is -2.33. The molecule has 1 N–H and O–H groups in total. The predicted molar refractivity (Wildman–Crippen MR) is 149 cm³/mol. The summed E-state index contributed by atoms with van der Waals surface area (Å²) in [5, 5.41) is 3.09. The number of carbonyl (C=O) groups is 2. The van der Waals surface area contributed by atoms with E-state index in [9.17, 15) is 18.0 Å². The quantitative estimate of drug-likeness (QED) is 0.424. The topological polar surface area (TPSA) is 96.0 Å². The number of anilines is 1. The minimum Gasteiger partial charge on any atom is -0.491 e. The summed E-state index contributed by atoms with van der Waals surface area (Å²) in [5.41, 5.74) is 0.316. The van der Waals surface area contributed by atoms with Gasteiger partial charge in [-0.3, -0.25) is 9.59 Å². The second kappa shape index (κ2) is 12.9. The maximum atomic E-state index is 13.0. The molecule has 8 nitrogen and oxygen atoms in total. The van der Waals surface area contributed by atoms with Gasteiger partial charge in [0.25, 0.3) is 0 Å². The molecule has 4 rings (SSSR count). The van der Waals surface area contributed by atoms with Gasteiger partial charge in [-0.05, 0) is 42.7 Å². The number of piperazine rings is 1. The van der Waals surface area contributed by atoms with Crippen molar-refractivity contribution in [3.8, 4) is 5.75 Å². The average Bonchev–Trinajstić information content (AvgIpc) is 2.91. The minimum atomic E-state index is -3.91. The lowest BCUT2D eigenvalue weighted by atomic mass is 9.87. The molecule has 1 saturated carbocycles. The van der Waals surface area contributed by atoms with Crippen molar-refractivity contribution in [2.24, 2.45) is 5.92 Å². The molecule has 0 spiro atoms. The summed E-state index contributed by atoms with van der Waals surface area (Å²) in [7, 11) is -3.91. The number of carbonyl (C=O) groups excluding carboxylic acids is 2. The van der Waals surface area contributed by atoms with Crippen molar-refractivity contribution in [3.63, 3.8) is 0 Å². The number of nitrogens with zero attached hydrogens (tertiary/aromatic N) is 2. The molecule has 2 fully saturated rings. The fraction of sp³-hybridized carbons (Fsp3) is 0.462. The van der Waals surface area contributed by atoms with Gasteiger partial charge in [0.15, 0.2) is 0 Å². The van der Waals surface area contributed by atoms with Crippen molar-refractivity contribution in [2.75, 3.05) is 38.1 Å². The minimum absolute atomic E-state index is 0.0108. The van der Waals surface area contributed by atoms with E-state index < -0.39 is 21.8 Å². The molecule has 2 aromatic carbocycles. The fourth-order valence-electron chi connectivity index (χ4n) is 4.81. The SMILES string of the molecule is O=C(Nc1cc(Cl)ccc1OCCC1CCCCC1)C(=O)N1CCN(S(=O)(=O)c2cccc(Cl)c2Cl)CC1. The predicted octanol–water partition coefficient (Wildman–Crippen LogP) is 5.47. The molecule has 1 saturated heterocycles. The molecule has 38 heavy (non-hydrogen) atoms. The number of rotatable bonds is 7. The molecule has 2 aliphatic rings. The number of sulfonamides is 1. The number of amides is 2. The van der Waals surface area contributed by atoms with Crippen LogP contribution in [0.25, 0.3) is 0 Å². The fourth-order valence-corrected chi connectivity index (χ4v) is 7.14. The molecular formula is C26H30Cl3N3O5S. The first kappa shape index (κ1) is 29.0. The molecule has 0 unspecified atom stereocenters. The lowest BCUT2D eigenvalue weighted by Crippen LogP contribution is -2.52. The van der Waals surface area contributed by atoms with E-state index in [1.54, 1.807) is 18.2 Å². The molecule has 0 radical (unpaired) electrons. The molecule has 2 amide bonds.